The maximum absolute atomic E-state index is 12.1. The van der Waals surface area contributed by atoms with Crippen LogP contribution in [0, 0.1) is 5.92 Å². The molecule has 2 aliphatic heterocycles. The van der Waals surface area contributed by atoms with Crippen molar-refractivity contribution in [2.24, 2.45) is 5.92 Å². The lowest BCUT2D eigenvalue weighted by atomic mass is 9.88. The van der Waals surface area contributed by atoms with Crippen LogP contribution in [0.3, 0.4) is 0 Å². The average Bonchev–Trinajstić information content (AvgIpc) is 2.94. The molecule has 3 rings (SSSR count). The van der Waals surface area contributed by atoms with Gasteiger partial charge in [0.15, 0.2) is 0 Å². The summed E-state index contributed by atoms with van der Waals surface area (Å²) in [5.41, 5.74) is 0.710. The number of para-hydroxylation sites is 1. The summed E-state index contributed by atoms with van der Waals surface area (Å²) in [6.07, 6.45) is 3.28. The third-order valence-electron chi connectivity index (χ3n) is 3.77. The number of anilines is 1. The Hall–Kier alpha value is -1.06. The summed E-state index contributed by atoms with van der Waals surface area (Å²) < 4.78 is 0. The monoisotopic (exact) mass is 250 g/mol. The van der Waals surface area contributed by atoms with E-state index in [1.807, 2.05) is 18.2 Å². The molecule has 0 radical (unpaired) electrons. The molecule has 0 aliphatic carbocycles. The van der Waals surface area contributed by atoms with Crippen molar-refractivity contribution in [2.75, 3.05) is 5.32 Å². The van der Waals surface area contributed by atoms with E-state index >= 15 is 0 Å². The van der Waals surface area contributed by atoms with Crippen LogP contribution in [0.25, 0.3) is 0 Å². The van der Waals surface area contributed by atoms with E-state index in [1.54, 1.807) is 6.07 Å². The molecule has 1 aromatic rings. The molecule has 0 spiro atoms. The molecule has 2 bridgehead atoms. The van der Waals surface area contributed by atoms with Crippen LogP contribution in [0.15, 0.2) is 24.3 Å². The van der Waals surface area contributed by atoms with Gasteiger partial charge < -0.3 is 10.6 Å². The van der Waals surface area contributed by atoms with Crippen LogP contribution in [0.5, 0.6) is 0 Å². The minimum absolute atomic E-state index is 0.0952. The average molecular weight is 251 g/mol. The second kappa shape index (κ2) is 4.31. The molecular formula is C13H15ClN2O. The second-order valence-electron chi connectivity index (χ2n) is 4.86. The number of carbonyl (C=O) groups is 1. The Morgan fingerprint density at radius 2 is 2.18 bits per heavy atom. The van der Waals surface area contributed by atoms with Crippen molar-refractivity contribution in [3.8, 4) is 0 Å². The highest BCUT2D eigenvalue weighted by Crippen LogP contribution is 2.34. The number of hydrogen-bond donors (Lipinski definition) is 2. The molecule has 3 nitrogen and oxygen atoms in total. The first-order valence-electron chi connectivity index (χ1n) is 6.05. The smallest absolute Gasteiger partial charge is 0.229 e. The SMILES string of the molecule is O=C(Nc1ccccc1Cl)C1CC2CCC1N2. The lowest BCUT2D eigenvalue weighted by Crippen LogP contribution is -2.32. The topological polar surface area (TPSA) is 41.1 Å². The van der Waals surface area contributed by atoms with Crippen molar-refractivity contribution in [1.82, 2.24) is 5.32 Å². The van der Waals surface area contributed by atoms with Crippen LogP contribution in [-0.4, -0.2) is 18.0 Å². The lowest BCUT2D eigenvalue weighted by molar-refractivity contribution is -0.120. The van der Waals surface area contributed by atoms with E-state index in [0.717, 1.165) is 12.8 Å². The van der Waals surface area contributed by atoms with Crippen LogP contribution in [0.4, 0.5) is 5.69 Å². The first-order valence-corrected chi connectivity index (χ1v) is 6.43. The minimum atomic E-state index is 0.0952. The summed E-state index contributed by atoms with van der Waals surface area (Å²) in [5.74, 6) is 0.197. The molecule has 17 heavy (non-hydrogen) atoms. The molecule has 2 aliphatic rings. The van der Waals surface area contributed by atoms with Gasteiger partial charge in [0, 0.05) is 12.1 Å². The third kappa shape index (κ3) is 2.05. The Labute approximate surface area is 106 Å². The van der Waals surface area contributed by atoms with E-state index in [2.05, 4.69) is 10.6 Å². The molecule has 3 unspecified atom stereocenters. The van der Waals surface area contributed by atoms with Gasteiger partial charge in [-0.3, -0.25) is 4.79 Å². The van der Waals surface area contributed by atoms with E-state index in [0.29, 0.717) is 22.8 Å². The first-order chi connectivity index (χ1) is 8.24. The number of carbonyl (C=O) groups excluding carboxylic acids is 1. The second-order valence-corrected chi connectivity index (χ2v) is 5.27. The van der Waals surface area contributed by atoms with Gasteiger partial charge in [0.2, 0.25) is 5.91 Å². The van der Waals surface area contributed by atoms with Gasteiger partial charge in [-0.15, -0.1) is 0 Å². The summed E-state index contributed by atoms with van der Waals surface area (Å²) in [5, 5.41) is 6.99. The molecule has 1 aromatic carbocycles. The van der Waals surface area contributed by atoms with Gasteiger partial charge in [0.05, 0.1) is 16.6 Å². The number of benzene rings is 1. The van der Waals surface area contributed by atoms with Crippen molar-refractivity contribution in [3.63, 3.8) is 0 Å². The van der Waals surface area contributed by atoms with E-state index < -0.39 is 0 Å². The predicted octanol–water partition coefficient (Wildman–Crippen LogP) is 2.42. The highest BCUT2D eigenvalue weighted by atomic mass is 35.5. The zero-order valence-corrected chi connectivity index (χ0v) is 10.2. The molecule has 90 valence electrons. The lowest BCUT2D eigenvalue weighted by Gasteiger charge is -2.19. The maximum atomic E-state index is 12.1. The number of halogens is 1. The minimum Gasteiger partial charge on any atom is -0.324 e. The summed E-state index contributed by atoms with van der Waals surface area (Å²) in [6.45, 7) is 0. The molecule has 4 heteroatoms. The maximum Gasteiger partial charge on any atom is 0.229 e. The molecule has 2 saturated heterocycles. The number of amides is 1. The summed E-state index contributed by atoms with van der Waals surface area (Å²) in [4.78, 5) is 12.1. The fourth-order valence-electron chi connectivity index (χ4n) is 2.90. The zero-order chi connectivity index (χ0) is 11.8. The number of fused-ring (bicyclic) bond motifs is 2. The van der Waals surface area contributed by atoms with Gasteiger partial charge in [-0.25, -0.2) is 0 Å². The van der Waals surface area contributed by atoms with E-state index in [1.165, 1.54) is 6.42 Å². The van der Waals surface area contributed by atoms with Crippen molar-refractivity contribution in [2.45, 2.75) is 31.3 Å². The van der Waals surface area contributed by atoms with Crippen molar-refractivity contribution in [3.05, 3.63) is 29.3 Å². The Kier molecular flexibility index (Phi) is 2.81. The molecule has 3 atom stereocenters. The molecule has 2 fully saturated rings. The quantitative estimate of drug-likeness (QED) is 0.847. The molecule has 0 aromatic heterocycles. The summed E-state index contributed by atoms with van der Waals surface area (Å²) in [7, 11) is 0. The predicted molar refractivity (Wildman–Crippen MR) is 68.1 cm³/mol. The highest BCUT2D eigenvalue weighted by molar-refractivity contribution is 6.33. The Bertz CT molecular complexity index is 449. The summed E-state index contributed by atoms with van der Waals surface area (Å²) >= 11 is 6.02. The molecule has 2 N–H and O–H groups in total. The fourth-order valence-corrected chi connectivity index (χ4v) is 3.08. The normalized spacial score (nSPS) is 30.5. The zero-order valence-electron chi connectivity index (χ0n) is 9.45. The van der Waals surface area contributed by atoms with Crippen molar-refractivity contribution < 1.29 is 4.79 Å². The van der Waals surface area contributed by atoms with Gasteiger partial charge in [0.1, 0.15) is 0 Å². The number of hydrogen-bond acceptors (Lipinski definition) is 2. The number of rotatable bonds is 2. The Morgan fingerprint density at radius 3 is 2.82 bits per heavy atom. The Balaban J connectivity index is 1.70. The van der Waals surface area contributed by atoms with Crippen LogP contribution in [0.2, 0.25) is 5.02 Å². The van der Waals surface area contributed by atoms with Crippen LogP contribution in [0.1, 0.15) is 19.3 Å². The van der Waals surface area contributed by atoms with E-state index in [9.17, 15) is 4.79 Å². The van der Waals surface area contributed by atoms with Gasteiger partial charge in [-0.05, 0) is 31.4 Å². The van der Waals surface area contributed by atoms with Crippen LogP contribution >= 0.6 is 11.6 Å². The molecule has 2 heterocycles. The van der Waals surface area contributed by atoms with E-state index in [-0.39, 0.29) is 11.8 Å². The molecular weight excluding hydrogens is 236 g/mol. The van der Waals surface area contributed by atoms with Gasteiger partial charge in [-0.2, -0.15) is 0 Å². The van der Waals surface area contributed by atoms with Crippen molar-refractivity contribution in [1.29, 1.82) is 0 Å². The first kappa shape index (κ1) is 11.1. The molecule has 1 amide bonds. The largest absolute Gasteiger partial charge is 0.324 e. The van der Waals surface area contributed by atoms with Gasteiger partial charge >= 0.3 is 0 Å². The van der Waals surface area contributed by atoms with Crippen LogP contribution < -0.4 is 10.6 Å². The van der Waals surface area contributed by atoms with Crippen LogP contribution in [-0.2, 0) is 4.79 Å². The number of nitrogens with one attached hydrogen (secondary N) is 2. The van der Waals surface area contributed by atoms with E-state index in [4.69, 9.17) is 11.6 Å². The highest BCUT2D eigenvalue weighted by Gasteiger charge is 2.42. The third-order valence-corrected chi connectivity index (χ3v) is 4.10. The van der Waals surface area contributed by atoms with Gasteiger partial charge in [0.25, 0.3) is 0 Å². The molecule has 0 saturated carbocycles. The fraction of sp³-hybridized carbons (Fsp3) is 0.462. The standard InChI is InChI=1S/C13H15ClN2O/c14-10-3-1-2-4-12(10)16-13(17)9-7-8-5-6-11(9)15-8/h1-4,8-9,11,15H,5-7H2,(H,16,17). The summed E-state index contributed by atoms with van der Waals surface area (Å²) in [6, 6.07) is 8.26. The van der Waals surface area contributed by atoms with Gasteiger partial charge in [-0.1, -0.05) is 23.7 Å². The Morgan fingerprint density at radius 1 is 1.35 bits per heavy atom. The van der Waals surface area contributed by atoms with Crippen molar-refractivity contribution >= 4 is 23.2 Å².